The van der Waals surface area contributed by atoms with Crippen molar-refractivity contribution in [3.8, 4) is 11.5 Å². The number of carbonyl (C=O) groups excluding carboxylic acids is 2. The predicted molar refractivity (Wildman–Crippen MR) is 259 cm³/mol. The van der Waals surface area contributed by atoms with E-state index < -0.39 is 34.9 Å². The molecule has 1 fully saturated rings. The van der Waals surface area contributed by atoms with E-state index in [1.807, 2.05) is 6.07 Å². The van der Waals surface area contributed by atoms with Gasteiger partial charge in [-0.05, 0) is 85.4 Å². The van der Waals surface area contributed by atoms with Gasteiger partial charge in [0, 0.05) is 56.8 Å². The van der Waals surface area contributed by atoms with E-state index in [-0.39, 0.29) is 68.8 Å². The van der Waals surface area contributed by atoms with Crippen molar-refractivity contribution in [3.05, 3.63) is 88.0 Å². The van der Waals surface area contributed by atoms with Crippen molar-refractivity contribution in [2.45, 2.75) is 140 Å². The fourth-order valence-electron chi connectivity index (χ4n) is 9.99. The van der Waals surface area contributed by atoms with Crippen LogP contribution < -0.4 is 14.8 Å². The Kier molecular flexibility index (Phi) is 22.2. The third-order valence-corrected chi connectivity index (χ3v) is 13.4. The number of rotatable bonds is 30. The number of nitro groups is 1. The standard InChI is InChI=1S/C51H73ClN4O11/c1-4-6-7-8-9-10-11-12-13-16-28-53-49(59)66-40-25-26-45-43(34-40)47-41(20-15-18-30-58)38(19-14-17-29-57)33-42-44(54-65-36-37-21-23-39(24-22-37)56(61)62)35-46(55(3)50(60)63-32-27-52)51(67-45,48(42)47)64-31-5-2/h5,21-26,33-34,38,41,46-48,57-58H,2,4,6-20,27-32,35-36H2,1,3H3,(H,53,59). The van der Waals surface area contributed by atoms with Gasteiger partial charge >= 0.3 is 12.2 Å². The van der Waals surface area contributed by atoms with Crippen LogP contribution in [0.5, 0.6) is 11.5 Å². The number of ether oxygens (including phenoxy) is 4. The Hall–Kier alpha value is -4.70. The molecule has 2 aliphatic carbocycles. The Morgan fingerprint density at radius 1 is 0.985 bits per heavy atom. The molecule has 5 rings (SSSR count). The van der Waals surface area contributed by atoms with Crippen LogP contribution in [0.15, 0.2) is 71.9 Å². The van der Waals surface area contributed by atoms with Crippen molar-refractivity contribution in [2.24, 2.45) is 22.9 Å². The van der Waals surface area contributed by atoms with Crippen LogP contribution in [-0.2, 0) is 20.9 Å². The average Bonchev–Trinajstić information content (AvgIpc) is 3.33. The molecule has 0 aromatic heterocycles. The smallest absolute Gasteiger partial charge is 0.412 e. The molecule has 2 amide bonds. The summed E-state index contributed by atoms with van der Waals surface area (Å²) in [6, 6.07) is 10.6. The number of halogens is 1. The number of oxime groups is 1. The number of carbonyl (C=O) groups is 2. The van der Waals surface area contributed by atoms with E-state index in [0.29, 0.717) is 42.2 Å². The van der Waals surface area contributed by atoms with Crippen LogP contribution in [0.2, 0.25) is 0 Å². The maximum Gasteiger partial charge on any atom is 0.412 e. The maximum absolute atomic E-state index is 13.8. The first-order valence-electron chi connectivity index (χ1n) is 24.5. The molecular weight excluding hydrogens is 880 g/mol. The number of alkyl halides is 1. The maximum atomic E-state index is 13.8. The Balaban J connectivity index is 1.53. The lowest BCUT2D eigenvalue weighted by Crippen LogP contribution is -2.69. The lowest BCUT2D eigenvalue weighted by molar-refractivity contribution is -0.384. The molecule has 3 aliphatic rings. The van der Waals surface area contributed by atoms with Crippen LogP contribution in [-0.4, -0.2) is 95.7 Å². The van der Waals surface area contributed by atoms with Gasteiger partial charge in [-0.15, -0.1) is 18.2 Å². The SMILES string of the molecule is C=CCOC12Oc3ccc(OC(=O)NCCCCCCCCCCCC)cc3C3C(CCCCO)C(CCCCO)C=C(C(=NOCc4ccc([N+](=O)[O-])cc4)CC1N(C)C(=O)OCCCl)C32. The minimum absolute atomic E-state index is 0.0176. The lowest BCUT2D eigenvalue weighted by atomic mass is 9.55. The minimum Gasteiger partial charge on any atom is -0.459 e. The highest BCUT2D eigenvalue weighted by Gasteiger charge is 2.65. The number of non-ortho nitro benzene ring substituents is 1. The fourth-order valence-corrected chi connectivity index (χ4v) is 10.1. The van der Waals surface area contributed by atoms with Crippen molar-refractivity contribution < 1.29 is 48.5 Å². The van der Waals surface area contributed by atoms with Gasteiger partial charge in [-0.2, -0.15) is 0 Å². The summed E-state index contributed by atoms with van der Waals surface area (Å²) < 4.78 is 25.6. The molecule has 0 saturated heterocycles. The van der Waals surface area contributed by atoms with Gasteiger partial charge in [0.2, 0.25) is 5.79 Å². The molecule has 0 spiro atoms. The molecular formula is C51H73ClN4O11. The number of nitrogens with zero attached hydrogens (tertiary/aromatic N) is 3. The van der Waals surface area contributed by atoms with Gasteiger partial charge in [0.25, 0.3) is 5.69 Å². The number of hydrogen-bond acceptors (Lipinski definition) is 12. The molecule has 2 aromatic carbocycles. The molecule has 16 heteroatoms. The van der Waals surface area contributed by atoms with E-state index in [1.165, 1.54) is 62.0 Å². The molecule has 2 aromatic rings. The van der Waals surface area contributed by atoms with Crippen molar-refractivity contribution in [1.29, 1.82) is 0 Å². The summed E-state index contributed by atoms with van der Waals surface area (Å²) in [5, 5.41) is 38.8. The Bertz CT molecular complexity index is 1950. The molecule has 1 saturated carbocycles. The molecule has 1 aliphatic heterocycles. The summed E-state index contributed by atoms with van der Waals surface area (Å²) in [5.74, 6) is -1.58. The van der Waals surface area contributed by atoms with Crippen LogP contribution in [0.4, 0.5) is 15.3 Å². The van der Waals surface area contributed by atoms with Gasteiger partial charge < -0.3 is 44.2 Å². The number of fused-ring (bicyclic) bond motifs is 2. The minimum atomic E-state index is -1.51. The predicted octanol–water partition coefficient (Wildman–Crippen LogP) is 10.7. The zero-order valence-electron chi connectivity index (χ0n) is 39.5. The molecule has 67 heavy (non-hydrogen) atoms. The highest BCUT2D eigenvalue weighted by atomic mass is 35.5. The first-order valence-corrected chi connectivity index (χ1v) is 25.0. The Morgan fingerprint density at radius 2 is 1.67 bits per heavy atom. The first-order chi connectivity index (χ1) is 32.6. The van der Waals surface area contributed by atoms with Crippen molar-refractivity contribution in [3.63, 3.8) is 0 Å². The van der Waals surface area contributed by atoms with Gasteiger partial charge in [-0.3, -0.25) is 10.1 Å². The number of hydrogen-bond donors (Lipinski definition) is 3. The molecule has 6 unspecified atom stereocenters. The van der Waals surface area contributed by atoms with Crippen LogP contribution in [0, 0.1) is 27.9 Å². The number of nitro benzene ring substituents is 1. The zero-order chi connectivity index (χ0) is 48.0. The van der Waals surface area contributed by atoms with Gasteiger partial charge in [-0.25, -0.2) is 9.59 Å². The number of aliphatic hydroxyl groups excluding tert-OH is 2. The normalized spacial score (nSPS) is 22.1. The lowest BCUT2D eigenvalue weighted by Gasteiger charge is -2.59. The number of amides is 2. The van der Waals surface area contributed by atoms with Crippen molar-refractivity contribution >= 4 is 35.2 Å². The second-order valence-corrected chi connectivity index (χ2v) is 18.3. The second kappa shape index (κ2) is 28.0. The number of unbranched alkanes of at least 4 members (excludes halogenated alkanes) is 11. The number of nitrogens with one attached hydrogen (secondary N) is 1. The Labute approximate surface area is 401 Å². The number of aliphatic hydroxyl groups is 2. The molecule has 0 radical (unpaired) electrons. The largest absolute Gasteiger partial charge is 0.459 e. The fraction of sp³-hybridized carbons (Fsp3) is 0.627. The van der Waals surface area contributed by atoms with Crippen molar-refractivity contribution in [1.82, 2.24) is 10.2 Å². The van der Waals surface area contributed by atoms with Gasteiger partial charge in [0.15, 0.2) is 0 Å². The van der Waals surface area contributed by atoms with Crippen LogP contribution in [0.25, 0.3) is 0 Å². The molecule has 0 bridgehead atoms. The van der Waals surface area contributed by atoms with Gasteiger partial charge in [-0.1, -0.05) is 94.9 Å². The topological polar surface area (TPSA) is 192 Å². The summed E-state index contributed by atoms with van der Waals surface area (Å²) in [6.45, 7) is 6.86. The van der Waals surface area contributed by atoms with E-state index in [9.17, 15) is 29.9 Å². The van der Waals surface area contributed by atoms with E-state index in [1.54, 1.807) is 37.4 Å². The number of benzene rings is 2. The number of allylic oxidation sites excluding steroid dienone is 1. The van der Waals surface area contributed by atoms with Crippen molar-refractivity contribution in [2.75, 3.05) is 45.9 Å². The van der Waals surface area contributed by atoms with E-state index >= 15 is 0 Å². The van der Waals surface area contributed by atoms with Gasteiger partial charge in [0.05, 0.1) is 29.0 Å². The number of likely N-dealkylation sites (N-methyl/N-ethyl adjacent to an activating group) is 1. The first kappa shape index (κ1) is 53.3. The third kappa shape index (κ3) is 14.7. The van der Waals surface area contributed by atoms with Crippen LogP contribution in [0.3, 0.4) is 0 Å². The molecule has 15 nitrogen and oxygen atoms in total. The van der Waals surface area contributed by atoms with E-state index in [0.717, 1.165) is 56.1 Å². The summed E-state index contributed by atoms with van der Waals surface area (Å²) >= 11 is 5.96. The molecule has 6 atom stereocenters. The zero-order valence-corrected chi connectivity index (χ0v) is 40.3. The molecule has 1 heterocycles. The molecule has 370 valence electrons. The third-order valence-electron chi connectivity index (χ3n) is 13.3. The average molecular weight is 954 g/mol. The van der Waals surface area contributed by atoms with Gasteiger partial charge in [0.1, 0.15) is 30.8 Å². The van der Waals surface area contributed by atoms with E-state index in [4.69, 9.17) is 40.5 Å². The summed E-state index contributed by atoms with van der Waals surface area (Å²) in [5.41, 5.74) is 2.80. The molecule has 3 N–H and O–H groups in total. The van der Waals surface area contributed by atoms with E-state index in [2.05, 4.69) is 24.9 Å². The van der Waals surface area contributed by atoms with Crippen LogP contribution in [0.1, 0.15) is 133 Å². The van der Waals surface area contributed by atoms with Crippen LogP contribution >= 0.6 is 11.6 Å². The monoisotopic (exact) mass is 952 g/mol. The highest BCUT2D eigenvalue weighted by Crippen LogP contribution is 2.62. The highest BCUT2D eigenvalue weighted by molar-refractivity contribution is 6.18. The summed E-state index contributed by atoms with van der Waals surface area (Å²) in [6.07, 6.45) is 18.9. The quantitative estimate of drug-likeness (QED) is 0.0222. The summed E-state index contributed by atoms with van der Waals surface area (Å²) in [4.78, 5) is 45.5. The second-order valence-electron chi connectivity index (χ2n) is 17.9. The Morgan fingerprint density at radius 3 is 2.33 bits per heavy atom. The summed E-state index contributed by atoms with van der Waals surface area (Å²) in [7, 11) is 1.63.